The van der Waals surface area contributed by atoms with Gasteiger partial charge in [0.2, 0.25) is 0 Å². The Hall–Kier alpha value is -2.40. The standard InChI is InChI=1S/C14H11ClN4O/c1-8-6-11(9-4-2-3-5-10(9)18-8)19-13-12(15)14(20)17-7-16-13/h2-7H,1H3,(H2,16,17,18,19,20). The molecule has 0 saturated heterocycles. The van der Waals surface area contributed by atoms with E-state index in [-0.39, 0.29) is 10.6 Å². The highest BCUT2D eigenvalue weighted by molar-refractivity contribution is 6.32. The van der Waals surface area contributed by atoms with Gasteiger partial charge in [-0.1, -0.05) is 29.8 Å². The maximum absolute atomic E-state index is 11.5. The average molecular weight is 287 g/mol. The Balaban J connectivity index is 2.15. The van der Waals surface area contributed by atoms with Crippen LogP contribution in [0.5, 0.6) is 0 Å². The minimum absolute atomic E-state index is 0.0334. The van der Waals surface area contributed by atoms with Crippen LogP contribution in [0.3, 0.4) is 0 Å². The molecule has 0 spiro atoms. The zero-order valence-electron chi connectivity index (χ0n) is 10.6. The van der Waals surface area contributed by atoms with Gasteiger partial charge in [0.25, 0.3) is 5.56 Å². The summed E-state index contributed by atoms with van der Waals surface area (Å²) in [6.45, 7) is 1.91. The van der Waals surface area contributed by atoms with E-state index in [2.05, 4.69) is 20.3 Å². The van der Waals surface area contributed by atoms with Gasteiger partial charge in [-0.25, -0.2) is 4.98 Å². The summed E-state index contributed by atoms with van der Waals surface area (Å²) in [5, 5.41) is 4.07. The first-order valence-corrected chi connectivity index (χ1v) is 6.39. The number of nitrogens with one attached hydrogen (secondary N) is 2. The molecule has 0 bridgehead atoms. The quantitative estimate of drug-likeness (QED) is 0.760. The Morgan fingerprint density at radius 3 is 2.95 bits per heavy atom. The predicted molar refractivity (Wildman–Crippen MR) is 79.6 cm³/mol. The van der Waals surface area contributed by atoms with Crippen molar-refractivity contribution in [2.75, 3.05) is 5.32 Å². The van der Waals surface area contributed by atoms with E-state index >= 15 is 0 Å². The number of aryl methyl sites for hydroxylation is 1. The number of hydrogen-bond acceptors (Lipinski definition) is 4. The van der Waals surface area contributed by atoms with E-state index in [1.165, 1.54) is 6.33 Å². The molecule has 6 heteroatoms. The van der Waals surface area contributed by atoms with Crippen LogP contribution in [0.2, 0.25) is 5.02 Å². The Morgan fingerprint density at radius 1 is 1.30 bits per heavy atom. The molecule has 5 nitrogen and oxygen atoms in total. The van der Waals surface area contributed by atoms with Crippen molar-refractivity contribution in [1.29, 1.82) is 0 Å². The second kappa shape index (κ2) is 4.94. The van der Waals surface area contributed by atoms with Gasteiger partial charge in [0, 0.05) is 11.1 Å². The van der Waals surface area contributed by atoms with E-state index < -0.39 is 0 Å². The smallest absolute Gasteiger partial charge is 0.271 e. The van der Waals surface area contributed by atoms with Crippen molar-refractivity contribution in [2.45, 2.75) is 6.92 Å². The molecule has 2 N–H and O–H groups in total. The molecule has 20 heavy (non-hydrogen) atoms. The van der Waals surface area contributed by atoms with Crippen LogP contribution in [-0.4, -0.2) is 15.0 Å². The van der Waals surface area contributed by atoms with Gasteiger partial charge in [0.05, 0.1) is 17.5 Å². The SMILES string of the molecule is Cc1cc(Nc2nc[nH]c(=O)c2Cl)c2ccccc2n1. The fourth-order valence-electron chi connectivity index (χ4n) is 2.01. The van der Waals surface area contributed by atoms with Crippen LogP contribution in [0.1, 0.15) is 5.69 Å². The maximum atomic E-state index is 11.5. The third-order valence-electron chi connectivity index (χ3n) is 2.89. The van der Waals surface area contributed by atoms with E-state index in [4.69, 9.17) is 11.6 Å². The molecule has 0 radical (unpaired) electrons. The monoisotopic (exact) mass is 286 g/mol. The number of H-pyrrole nitrogens is 1. The molecule has 2 heterocycles. The average Bonchev–Trinajstić information content (AvgIpc) is 2.43. The second-order valence-corrected chi connectivity index (χ2v) is 4.73. The topological polar surface area (TPSA) is 70.7 Å². The number of fused-ring (bicyclic) bond motifs is 1. The number of halogens is 1. The number of anilines is 2. The molecule has 0 amide bonds. The molecule has 0 saturated carbocycles. The largest absolute Gasteiger partial charge is 0.338 e. The van der Waals surface area contributed by atoms with Gasteiger partial charge in [-0.05, 0) is 19.1 Å². The summed E-state index contributed by atoms with van der Waals surface area (Å²) < 4.78 is 0. The minimum atomic E-state index is -0.376. The first-order valence-electron chi connectivity index (χ1n) is 6.02. The summed E-state index contributed by atoms with van der Waals surface area (Å²) in [6, 6.07) is 9.63. The van der Waals surface area contributed by atoms with Gasteiger partial charge in [-0.2, -0.15) is 0 Å². The highest BCUT2D eigenvalue weighted by atomic mass is 35.5. The predicted octanol–water partition coefficient (Wildman–Crippen LogP) is 3.02. The fraction of sp³-hybridized carbons (Fsp3) is 0.0714. The van der Waals surface area contributed by atoms with Crippen molar-refractivity contribution in [3.63, 3.8) is 0 Å². The van der Waals surface area contributed by atoms with Crippen LogP contribution < -0.4 is 10.9 Å². The molecule has 100 valence electrons. The summed E-state index contributed by atoms with van der Waals surface area (Å²) in [6.07, 6.45) is 1.31. The number of rotatable bonds is 2. The van der Waals surface area contributed by atoms with E-state index in [1.807, 2.05) is 37.3 Å². The van der Waals surface area contributed by atoms with E-state index in [0.29, 0.717) is 5.82 Å². The molecule has 2 aromatic heterocycles. The summed E-state index contributed by atoms with van der Waals surface area (Å²) in [5.41, 5.74) is 2.18. The fourth-order valence-corrected chi connectivity index (χ4v) is 2.16. The number of hydrogen-bond donors (Lipinski definition) is 2. The van der Waals surface area contributed by atoms with Gasteiger partial charge < -0.3 is 10.3 Å². The number of nitrogens with zero attached hydrogens (tertiary/aromatic N) is 2. The number of aromatic nitrogens is 3. The van der Waals surface area contributed by atoms with E-state index in [9.17, 15) is 4.79 Å². The van der Waals surface area contributed by atoms with Gasteiger partial charge in [0.15, 0.2) is 5.82 Å². The number of benzene rings is 1. The molecule has 3 rings (SSSR count). The molecule has 0 aliphatic rings. The molecule has 0 atom stereocenters. The molecule has 0 fully saturated rings. The number of pyridine rings is 1. The normalized spacial score (nSPS) is 10.7. The van der Waals surface area contributed by atoms with Crippen LogP contribution in [0.25, 0.3) is 10.9 Å². The molecule has 1 aromatic carbocycles. The summed E-state index contributed by atoms with van der Waals surface area (Å²) >= 11 is 5.95. The first kappa shape index (κ1) is 12.6. The zero-order chi connectivity index (χ0) is 14.1. The van der Waals surface area contributed by atoms with Crippen LogP contribution in [0, 0.1) is 6.92 Å². The Labute approximate surface area is 119 Å². The van der Waals surface area contributed by atoms with E-state index in [0.717, 1.165) is 22.3 Å². The van der Waals surface area contributed by atoms with Crippen LogP contribution in [0.15, 0.2) is 41.5 Å². The minimum Gasteiger partial charge on any atom is -0.338 e. The zero-order valence-corrected chi connectivity index (χ0v) is 11.4. The van der Waals surface area contributed by atoms with Crippen LogP contribution in [0.4, 0.5) is 11.5 Å². The number of para-hydroxylation sites is 1. The highest BCUT2D eigenvalue weighted by Gasteiger charge is 2.09. The lowest BCUT2D eigenvalue weighted by molar-refractivity contribution is 1.12. The molecule has 0 aliphatic carbocycles. The highest BCUT2D eigenvalue weighted by Crippen LogP contribution is 2.27. The van der Waals surface area contributed by atoms with Gasteiger partial charge in [-0.3, -0.25) is 9.78 Å². The van der Waals surface area contributed by atoms with Crippen molar-refractivity contribution >= 4 is 34.0 Å². The second-order valence-electron chi connectivity index (χ2n) is 4.35. The van der Waals surface area contributed by atoms with Crippen molar-refractivity contribution < 1.29 is 0 Å². The van der Waals surface area contributed by atoms with Crippen LogP contribution >= 0.6 is 11.6 Å². The third-order valence-corrected chi connectivity index (χ3v) is 3.24. The summed E-state index contributed by atoms with van der Waals surface area (Å²) in [7, 11) is 0. The first-order chi connectivity index (χ1) is 9.65. The molecular weight excluding hydrogens is 276 g/mol. The Kier molecular flexibility index (Phi) is 3.12. The lowest BCUT2D eigenvalue weighted by Gasteiger charge is -2.10. The lowest BCUT2D eigenvalue weighted by Crippen LogP contribution is -2.09. The molecule has 0 unspecified atom stereocenters. The number of aromatic amines is 1. The van der Waals surface area contributed by atoms with Crippen molar-refractivity contribution in [3.05, 3.63) is 57.7 Å². The van der Waals surface area contributed by atoms with Gasteiger partial charge >= 0.3 is 0 Å². The van der Waals surface area contributed by atoms with Crippen LogP contribution in [-0.2, 0) is 0 Å². The third kappa shape index (κ3) is 2.23. The lowest BCUT2D eigenvalue weighted by atomic mass is 10.1. The van der Waals surface area contributed by atoms with Crippen molar-refractivity contribution in [1.82, 2.24) is 15.0 Å². The van der Waals surface area contributed by atoms with E-state index in [1.54, 1.807) is 0 Å². The van der Waals surface area contributed by atoms with Crippen molar-refractivity contribution in [2.24, 2.45) is 0 Å². The summed E-state index contributed by atoms with van der Waals surface area (Å²) in [4.78, 5) is 22.4. The molecule has 0 aliphatic heterocycles. The Bertz CT molecular complexity index is 844. The van der Waals surface area contributed by atoms with Gasteiger partial charge in [0.1, 0.15) is 5.02 Å². The molecule has 3 aromatic rings. The maximum Gasteiger partial charge on any atom is 0.271 e. The Morgan fingerprint density at radius 2 is 2.10 bits per heavy atom. The summed E-state index contributed by atoms with van der Waals surface area (Å²) in [5.74, 6) is 0.325. The van der Waals surface area contributed by atoms with Crippen molar-refractivity contribution in [3.8, 4) is 0 Å². The molecular formula is C14H11ClN4O. The van der Waals surface area contributed by atoms with Gasteiger partial charge in [-0.15, -0.1) is 0 Å².